The molecule has 0 saturated heterocycles. The van der Waals surface area contributed by atoms with E-state index in [2.05, 4.69) is 31.3 Å². The Hall–Kier alpha value is -1.38. The van der Waals surface area contributed by atoms with E-state index >= 15 is 0 Å². The summed E-state index contributed by atoms with van der Waals surface area (Å²) in [5.74, 6) is -0.266. The van der Waals surface area contributed by atoms with Gasteiger partial charge in [-0.05, 0) is 42.6 Å². The number of aryl methyl sites for hydroxylation is 1. The van der Waals surface area contributed by atoms with E-state index in [0.717, 1.165) is 24.9 Å². The molecule has 1 nitrogen and oxygen atoms in total. The fourth-order valence-electron chi connectivity index (χ4n) is 2.42. The van der Waals surface area contributed by atoms with Crippen molar-refractivity contribution >= 4 is 11.6 Å². The molecule has 0 bridgehead atoms. The molecule has 0 amide bonds. The van der Waals surface area contributed by atoms with Crippen molar-refractivity contribution in [2.45, 2.75) is 32.7 Å². The molecular weight excluding hydrogens is 285 g/mol. The van der Waals surface area contributed by atoms with Crippen LogP contribution in [0.3, 0.4) is 0 Å². The zero-order chi connectivity index (χ0) is 15.2. The molecule has 2 rings (SSSR count). The third kappa shape index (κ3) is 4.05. The van der Waals surface area contributed by atoms with Crippen molar-refractivity contribution in [1.29, 1.82) is 0 Å². The first-order chi connectivity index (χ1) is 10.2. The molecule has 2 aromatic carbocycles. The number of nitrogens with one attached hydrogen (secondary N) is 1. The Kier molecular flexibility index (Phi) is 5.77. The summed E-state index contributed by atoms with van der Waals surface area (Å²) in [4.78, 5) is 0. The van der Waals surface area contributed by atoms with Gasteiger partial charge in [0, 0.05) is 10.6 Å². The van der Waals surface area contributed by atoms with Gasteiger partial charge in [-0.2, -0.15) is 0 Å². The van der Waals surface area contributed by atoms with Crippen molar-refractivity contribution in [3.63, 3.8) is 0 Å². The highest BCUT2D eigenvalue weighted by atomic mass is 35.5. The molecule has 0 fully saturated rings. The maximum atomic E-state index is 14.3. The summed E-state index contributed by atoms with van der Waals surface area (Å²) >= 11 is 5.86. The lowest BCUT2D eigenvalue weighted by atomic mass is 9.96. The highest BCUT2D eigenvalue weighted by molar-refractivity contribution is 6.30. The molecule has 0 radical (unpaired) electrons. The van der Waals surface area contributed by atoms with Crippen LogP contribution in [0.15, 0.2) is 42.5 Å². The Morgan fingerprint density at radius 2 is 1.95 bits per heavy atom. The second-order valence-corrected chi connectivity index (χ2v) is 5.59. The van der Waals surface area contributed by atoms with Crippen LogP contribution in [-0.2, 0) is 6.42 Å². The number of benzene rings is 2. The number of halogens is 2. The highest BCUT2D eigenvalue weighted by Gasteiger charge is 2.17. The highest BCUT2D eigenvalue weighted by Crippen LogP contribution is 2.27. The average Bonchev–Trinajstić information content (AvgIpc) is 2.49. The molecular formula is C18H21ClFN. The minimum absolute atomic E-state index is 0.145. The SMILES string of the molecule is CCCNC(c1cccc(CC)c1)c1ccc(Cl)cc1F. The third-order valence-electron chi connectivity index (χ3n) is 3.56. The lowest BCUT2D eigenvalue weighted by molar-refractivity contribution is 0.546. The lowest BCUT2D eigenvalue weighted by Crippen LogP contribution is -2.24. The normalized spacial score (nSPS) is 12.4. The van der Waals surface area contributed by atoms with Crippen molar-refractivity contribution in [3.05, 3.63) is 70.0 Å². The van der Waals surface area contributed by atoms with Gasteiger partial charge in [-0.3, -0.25) is 0 Å². The van der Waals surface area contributed by atoms with E-state index in [1.807, 2.05) is 12.1 Å². The van der Waals surface area contributed by atoms with E-state index in [4.69, 9.17) is 11.6 Å². The Labute approximate surface area is 131 Å². The fraction of sp³-hybridized carbons (Fsp3) is 0.333. The minimum atomic E-state index is -0.266. The molecule has 0 aliphatic heterocycles. The van der Waals surface area contributed by atoms with Gasteiger partial charge in [0.25, 0.3) is 0 Å². The van der Waals surface area contributed by atoms with Gasteiger partial charge in [-0.25, -0.2) is 4.39 Å². The molecule has 1 N–H and O–H groups in total. The first-order valence-corrected chi connectivity index (χ1v) is 7.80. The molecule has 1 atom stereocenters. The van der Waals surface area contributed by atoms with Crippen LogP contribution >= 0.6 is 11.6 Å². The van der Waals surface area contributed by atoms with Crippen LogP contribution in [0.4, 0.5) is 4.39 Å². The molecule has 0 aromatic heterocycles. The summed E-state index contributed by atoms with van der Waals surface area (Å²) in [7, 11) is 0. The van der Waals surface area contributed by atoms with Gasteiger partial charge in [0.2, 0.25) is 0 Å². The second-order valence-electron chi connectivity index (χ2n) is 5.15. The van der Waals surface area contributed by atoms with Crippen LogP contribution in [-0.4, -0.2) is 6.54 Å². The Morgan fingerprint density at radius 3 is 2.62 bits per heavy atom. The summed E-state index contributed by atoms with van der Waals surface area (Å²) in [6.07, 6.45) is 1.97. The van der Waals surface area contributed by atoms with Crippen LogP contribution in [0, 0.1) is 5.82 Å². The predicted molar refractivity (Wildman–Crippen MR) is 87.4 cm³/mol. The van der Waals surface area contributed by atoms with Gasteiger partial charge < -0.3 is 5.32 Å². The first-order valence-electron chi connectivity index (χ1n) is 7.42. The molecule has 0 saturated carbocycles. The second kappa shape index (κ2) is 7.58. The van der Waals surface area contributed by atoms with Gasteiger partial charge in [-0.1, -0.05) is 55.8 Å². The van der Waals surface area contributed by atoms with E-state index in [1.165, 1.54) is 11.6 Å². The molecule has 0 aliphatic rings. The van der Waals surface area contributed by atoms with Gasteiger partial charge in [-0.15, -0.1) is 0 Å². The standard InChI is InChI=1S/C18H21ClFN/c1-3-10-21-18(14-7-5-6-13(4-2)11-14)16-9-8-15(19)12-17(16)20/h5-9,11-12,18,21H,3-4,10H2,1-2H3. The molecule has 0 heterocycles. The molecule has 21 heavy (non-hydrogen) atoms. The fourth-order valence-corrected chi connectivity index (χ4v) is 2.58. The Morgan fingerprint density at radius 1 is 1.14 bits per heavy atom. The molecule has 0 spiro atoms. The zero-order valence-corrected chi connectivity index (χ0v) is 13.3. The van der Waals surface area contributed by atoms with Crippen LogP contribution in [0.25, 0.3) is 0 Å². The number of hydrogen-bond acceptors (Lipinski definition) is 1. The largest absolute Gasteiger partial charge is 0.306 e. The molecule has 112 valence electrons. The Balaban J connectivity index is 2.41. The van der Waals surface area contributed by atoms with E-state index in [9.17, 15) is 4.39 Å². The van der Waals surface area contributed by atoms with Crippen molar-refractivity contribution in [2.24, 2.45) is 0 Å². The van der Waals surface area contributed by atoms with E-state index in [0.29, 0.717) is 10.6 Å². The summed E-state index contributed by atoms with van der Waals surface area (Å²) in [5.41, 5.74) is 2.98. The van der Waals surface area contributed by atoms with Crippen LogP contribution in [0.5, 0.6) is 0 Å². The monoisotopic (exact) mass is 305 g/mol. The summed E-state index contributed by atoms with van der Waals surface area (Å²) < 4.78 is 14.3. The minimum Gasteiger partial charge on any atom is -0.306 e. The maximum Gasteiger partial charge on any atom is 0.129 e. The average molecular weight is 306 g/mol. The van der Waals surface area contributed by atoms with Crippen molar-refractivity contribution in [1.82, 2.24) is 5.32 Å². The maximum absolute atomic E-state index is 14.3. The van der Waals surface area contributed by atoms with Crippen molar-refractivity contribution < 1.29 is 4.39 Å². The Bertz CT molecular complexity index is 598. The smallest absolute Gasteiger partial charge is 0.129 e. The summed E-state index contributed by atoms with van der Waals surface area (Å²) in [5, 5.41) is 3.85. The predicted octanol–water partition coefficient (Wildman–Crippen LogP) is 5.13. The van der Waals surface area contributed by atoms with Gasteiger partial charge in [0.05, 0.1) is 6.04 Å². The number of rotatable bonds is 6. The summed E-state index contributed by atoms with van der Waals surface area (Å²) in [6.45, 7) is 5.06. The topological polar surface area (TPSA) is 12.0 Å². The van der Waals surface area contributed by atoms with E-state index in [-0.39, 0.29) is 11.9 Å². The molecule has 3 heteroatoms. The zero-order valence-electron chi connectivity index (χ0n) is 12.5. The van der Waals surface area contributed by atoms with Gasteiger partial charge in [0.15, 0.2) is 0 Å². The molecule has 2 aromatic rings. The molecule has 1 unspecified atom stereocenters. The molecule has 0 aliphatic carbocycles. The first kappa shape index (κ1) is 16.0. The van der Waals surface area contributed by atoms with Crippen LogP contribution < -0.4 is 5.32 Å². The van der Waals surface area contributed by atoms with E-state index < -0.39 is 0 Å². The third-order valence-corrected chi connectivity index (χ3v) is 3.80. The number of hydrogen-bond donors (Lipinski definition) is 1. The lowest BCUT2D eigenvalue weighted by Gasteiger charge is -2.21. The van der Waals surface area contributed by atoms with Crippen molar-refractivity contribution in [2.75, 3.05) is 6.54 Å². The van der Waals surface area contributed by atoms with Crippen molar-refractivity contribution in [3.8, 4) is 0 Å². The van der Waals surface area contributed by atoms with Gasteiger partial charge in [0.1, 0.15) is 5.82 Å². The van der Waals surface area contributed by atoms with Crippen LogP contribution in [0.2, 0.25) is 5.02 Å². The van der Waals surface area contributed by atoms with E-state index in [1.54, 1.807) is 12.1 Å². The van der Waals surface area contributed by atoms with Gasteiger partial charge >= 0.3 is 0 Å². The quantitative estimate of drug-likeness (QED) is 0.780. The summed E-state index contributed by atoms with van der Waals surface area (Å²) in [6, 6.07) is 13.0. The van der Waals surface area contributed by atoms with Crippen LogP contribution in [0.1, 0.15) is 43.0 Å².